The van der Waals surface area contributed by atoms with E-state index < -0.39 is 41.8 Å². The van der Waals surface area contributed by atoms with Crippen LogP contribution in [0.4, 0.5) is 13.6 Å². The molecule has 1 aliphatic heterocycles. The van der Waals surface area contributed by atoms with Crippen molar-refractivity contribution >= 4 is 11.9 Å². The summed E-state index contributed by atoms with van der Waals surface area (Å²) in [4.78, 5) is 25.2. The summed E-state index contributed by atoms with van der Waals surface area (Å²) in [6, 6.07) is 2.10. The average molecular weight is 312 g/mol. The molecule has 0 bridgehead atoms. The van der Waals surface area contributed by atoms with Crippen LogP contribution in [0.3, 0.4) is 0 Å². The minimum absolute atomic E-state index is 0.145. The van der Waals surface area contributed by atoms with Gasteiger partial charge in [-0.1, -0.05) is 19.9 Å². The molecule has 2 atom stereocenters. The highest BCUT2D eigenvalue weighted by atomic mass is 19.1. The lowest BCUT2D eigenvalue weighted by Gasteiger charge is -2.26. The second kappa shape index (κ2) is 5.64. The molecule has 0 saturated carbocycles. The largest absolute Gasteiger partial charge is 0.386 e. The number of hydrogen-bond acceptors (Lipinski definition) is 3. The van der Waals surface area contributed by atoms with Gasteiger partial charge in [0, 0.05) is 11.6 Å². The van der Waals surface area contributed by atoms with Crippen molar-refractivity contribution in [3.63, 3.8) is 0 Å². The summed E-state index contributed by atoms with van der Waals surface area (Å²) < 4.78 is 26.5. The maximum Gasteiger partial charge on any atom is 0.325 e. The molecule has 0 aromatic heterocycles. The number of rotatable bonds is 4. The number of hydrogen-bond donors (Lipinski definition) is 2. The molecule has 120 valence electrons. The highest BCUT2D eigenvalue weighted by Crippen LogP contribution is 2.28. The molecule has 2 rings (SSSR count). The van der Waals surface area contributed by atoms with Crippen molar-refractivity contribution in [2.75, 3.05) is 6.54 Å². The summed E-state index contributed by atoms with van der Waals surface area (Å²) in [5, 5.41) is 12.6. The normalized spacial score (nSPS) is 23.1. The molecule has 2 N–H and O–H groups in total. The van der Waals surface area contributed by atoms with E-state index >= 15 is 0 Å². The number of carbonyl (C=O) groups is 2. The van der Waals surface area contributed by atoms with Crippen molar-refractivity contribution in [1.82, 2.24) is 10.2 Å². The number of imide groups is 1. The van der Waals surface area contributed by atoms with Crippen LogP contribution in [0.25, 0.3) is 0 Å². The van der Waals surface area contributed by atoms with Crippen molar-refractivity contribution in [2.24, 2.45) is 5.92 Å². The number of carbonyl (C=O) groups excluding carboxylic acids is 2. The highest BCUT2D eigenvalue weighted by Gasteiger charge is 2.50. The molecule has 5 nitrogen and oxygen atoms in total. The van der Waals surface area contributed by atoms with E-state index in [0.717, 1.165) is 17.0 Å². The van der Waals surface area contributed by atoms with Crippen molar-refractivity contribution in [3.8, 4) is 0 Å². The molecular formula is C15H18F2N2O3. The van der Waals surface area contributed by atoms with Crippen LogP contribution in [0.15, 0.2) is 18.2 Å². The molecule has 0 spiro atoms. The summed E-state index contributed by atoms with van der Waals surface area (Å²) in [6.07, 6.45) is -1.43. The fraction of sp³-hybridized carbons (Fsp3) is 0.467. The van der Waals surface area contributed by atoms with Crippen LogP contribution in [0, 0.1) is 17.6 Å². The van der Waals surface area contributed by atoms with Gasteiger partial charge in [0.2, 0.25) is 0 Å². The number of amides is 3. The third-order valence-corrected chi connectivity index (χ3v) is 4.13. The summed E-state index contributed by atoms with van der Waals surface area (Å²) in [5.41, 5.74) is -1.22. The zero-order valence-corrected chi connectivity index (χ0v) is 12.6. The van der Waals surface area contributed by atoms with Gasteiger partial charge in [0.15, 0.2) is 0 Å². The lowest BCUT2D eigenvalue weighted by molar-refractivity contribution is -0.133. The Hall–Kier alpha value is -2.02. The van der Waals surface area contributed by atoms with Crippen molar-refractivity contribution in [2.45, 2.75) is 32.4 Å². The SMILES string of the molecule is CC(C)[C@@]1(C)NC(=O)N(C[C@H](O)c2ccc(F)cc2F)C1=O. The van der Waals surface area contributed by atoms with Gasteiger partial charge in [0.25, 0.3) is 5.91 Å². The number of urea groups is 1. The van der Waals surface area contributed by atoms with Gasteiger partial charge in [0.05, 0.1) is 12.6 Å². The van der Waals surface area contributed by atoms with Gasteiger partial charge in [0.1, 0.15) is 17.2 Å². The molecule has 1 heterocycles. The van der Waals surface area contributed by atoms with Crippen molar-refractivity contribution in [1.29, 1.82) is 0 Å². The molecular weight excluding hydrogens is 294 g/mol. The first-order chi connectivity index (χ1) is 10.2. The highest BCUT2D eigenvalue weighted by molar-refractivity contribution is 6.07. The first-order valence-corrected chi connectivity index (χ1v) is 6.94. The van der Waals surface area contributed by atoms with Crippen LogP contribution < -0.4 is 5.32 Å². The number of nitrogens with zero attached hydrogens (tertiary/aromatic N) is 1. The Morgan fingerprint density at radius 1 is 1.32 bits per heavy atom. The van der Waals surface area contributed by atoms with E-state index in [1.165, 1.54) is 0 Å². The Morgan fingerprint density at radius 2 is 1.95 bits per heavy atom. The van der Waals surface area contributed by atoms with Crippen molar-refractivity contribution in [3.05, 3.63) is 35.4 Å². The topological polar surface area (TPSA) is 69.6 Å². The molecule has 1 fully saturated rings. The van der Waals surface area contributed by atoms with Crippen LogP contribution in [0.1, 0.15) is 32.4 Å². The van der Waals surface area contributed by atoms with E-state index in [-0.39, 0.29) is 11.5 Å². The first-order valence-electron chi connectivity index (χ1n) is 6.94. The minimum atomic E-state index is -1.43. The van der Waals surface area contributed by atoms with Crippen LogP contribution >= 0.6 is 0 Å². The van der Waals surface area contributed by atoms with E-state index in [0.29, 0.717) is 6.07 Å². The Bertz CT molecular complexity index is 621. The maximum absolute atomic E-state index is 13.6. The quantitative estimate of drug-likeness (QED) is 0.835. The minimum Gasteiger partial charge on any atom is -0.386 e. The third kappa shape index (κ3) is 2.68. The van der Waals surface area contributed by atoms with E-state index in [2.05, 4.69) is 5.32 Å². The standard InChI is InChI=1S/C15H18F2N2O3/c1-8(2)15(3)13(21)19(14(22)18-15)7-12(20)10-5-4-9(16)6-11(10)17/h4-6,8,12,20H,7H2,1-3H3,(H,18,22)/t12-,15+/m0/s1. The maximum atomic E-state index is 13.6. The predicted molar refractivity (Wildman–Crippen MR) is 74.8 cm³/mol. The lowest BCUT2D eigenvalue weighted by atomic mass is 9.88. The second-order valence-corrected chi connectivity index (χ2v) is 5.88. The molecule has 0 radical (unpaired) electrons. The van der Waals surface area contributed by atoms with Gasteiger partial charge in [-0.15, -0.1) is 0 Å². The Labute approximate surface area is 126 Å². The molecule has 0 aliphatic carbocycles. The van der Waals surface area contributed by atoms with Gasteiger partial charge in [-0.05, 0) is 18.9 Å². The average Bonchev–Trinajstić information content (AvgIpc) is 2.63. The van der Waals surface area contributed by atoms with Crippen LogP contribution in [0.5, 0.6) is 0 Å². The van der Waals surface area contributed by atoms with Crippen molar-refractivity contribution < 1.29 is 23.5 Å². The zero-order chi connectivity index (χ0) is 16.7. The molecule has 0 unspecified atom stereocenters. The number of halogens is 2. The smallest absolute Gasteiger partial charge is 0.325 e. The predicted octanol–water partition coefficient (Wildman–Crippen LogP) is 1.96. The number of aliphatic hydroxyl groups is 1. The van der Waals surface area contributed by atoms with E-state index in [4.69, 9.17) is 0 Å². The number of benzene rings is 1. The van der Waals surface area contributed by atoms with Gasteiger partial charge in [-0.3, -0.25) is 9.69 Å². The molecule has 3 amide bonds. The summed E-state index contributed by atoms with van der Waals surface area (Å²) in [5.74, 6) is -2.32. The molecule has 1 aliphatic rings. The summed E-state index contributed by atoms with van der Waals surface area (Å²) in [6.45, 7) is 4.79. The molecule has 1 aromatic carbocycles. The lowest BCUT2D eigenvalue weighted by Crippen LogP contribution is -2.48. The zero-order valence-electron chi connectivity index (χ0n) is 12.6. The van der Waals surface area contributed by atoms with E-state index in [1.54, 1.807) is 20.8 Å². The van der Waals surface area contributed by atoms with Gasteiger partial charge in [-0.2, -0.15) is 0 Å². The monoisotopic (exact) mass is 312 g/mol. The van der Waals surface area contributed by atoms with Gasteiger partial charge < -0.3 is 10.4 Å². The molecule has 7 heteroatoms. The summed E-state index contributed by atoms with van der Waals surface area (Å²) in [7, 11) is 0. The first kappa shape index (κ1) is 16.4. The fourth-order valence-corrected chi connectivity index (χ4v) is 2.32. The summed E-state index contributed by atoms with van der Waals surface area (Å²) >= 11 is 0. The molecule has 1 saturated heterocycles. The number of β-amino-alcohol motifs (C(OH)–C–C–N with tert-alkyl or cyclic N) is 1. The van der Waals surface area contributed by atoms with E-state index in [1.807, 2.05) is 0 Å². The Balaban J connectivity index is 2.20. The number of nitrogens with one attached hydrogen (secondary N) is 1. The molecule has 22 heavy (non-hydrogen) atoms. The van der Waals surface area contributed by atoms with Crippen LogP contribution in [-0.2, 0) is 4.79 Å². The Kier molecular flexibility index (Phi) is 4.19. The Morgan fingerprint density at radius 3 is 2.45 bits per heavy atom. The fourth-order valence-electron chi connectivity index (χ4n) is 2.32. The third-order valence-electron chi connectivity index (χ3n) is 4.13. The number of aliphatic hydroxyl groups excluding tert-OH is 1. The van der Waals surface area contributed by atoms with Gasteiger partial charge in [-0.25, -0.2) is 13.6 Å². The second-order valence-electron chi connectivity index (χ2n) is 5.88. The van der Waals surface area contributed by atoms with E-state index in [9.17, 15) is 23.5 Å². The van der Waals surface area contributed by atoms with Crippen LogP contribution in [0.2, 0.25) is 0 Å². The van der Waals surface area contributed by atoms with Crippen LogP contribution in [-0.4, -0.2) is 34.0 Å². The molecule has 1 aromatic rings. The van der Waals surface area contributed by atoms with Gasteiger partial charge >= 0.3 is 6.03 Å².